The van der Waals surface area contributed by atoms with Gasteiger partial charge in [-0.1, -0.05) is 49.4 Å². The maximum Gasteiger partial charge on any atom is 0.357 e. The lowest BCUT2D eigenvalue weighted by atomic mass is 9.95. The highest BCUT2D eigenvalue weighted by Gasteiger charge is 2.32. The van der Waals surface area contributed by atoms with Gasteiger partial charge in [-0.25, -0.2) is 14.6 Å². The molecule has 1 heterocycles. The first-order valence-corrected chi connectivity index (χ1v) is 12.3. The summed E-state index contributed by atoms with van der Waals surface area (Å²) in [5.41, 5.74) is 1.48. The third-order valence-corrected chi connectivity index (χ3v) is 5.59. The zero-order chi connectivity index (χ0) is 26.7. The number of ether oxygens (including phenoxy) is 2. The van der Waals surface area contributed by atoms with Crippen LogP contribution in [0.15, 0.2) is 48.5 Å². The van der Waals surface area contributed by atoms with Gasteiger partial charge in [-0.2, -0.15) is 0 Å². The van der Waals surface area contributed by atoms with E-state index in [1.165, 1.54) is 0 Å². The number of rotatable bonds is 8. The van der Waals surface area contributed by atoms with Gasteiger partial charge in [-0.3, -0.25) is 0 Å². The van der Waals surface area contributed by atoms with Crippen LogP contribution in [0.4, 0.5) is 0 Å². The number of aryl methyl sites for hydroxylation is 1. The number of carbonyl (C=O) groups excluding carboxylic acids is 2. The van der Waals surface area contributed by atoms with Gasteiger partial charge < -0.3 is 19.1 Å². The maximum atomic E-state index is 13.0. The lowest BCUT2D eigenvalue weighted by molar-refractivity contribution is 0.00701. The van der Waals surface area contributed by atoms with Gasteiger partial charge in [0, 0.05) is 6.42 Å². The number of aromatic nitrogens is 2. The molecule has 2 aromatic carbocycles. The predicted octanol–water partition coefficient (Wildman–Crippen LogP) is 5.52. The second-order valence-corrected chi connectivity index (χ2v) is 10.1. The Kier molecular flexibility index (Phi) is 8.04. The molecule has 0 saturated heterocycles. The van der Waals surface area contributed by atoms with Gasteiger partial charge in [0.25, 0.3) is 0 Å². The van der Waals surface area contributed by atoms with Crippen molar-refractivity contribution >= 4 is 11.9 Å². The zero-order valence-corrected chi connectivity index (χ0v) is 22.2. The largest absolute Gasteiger partial charge is 0.461 e. The first-order chi connectivity index (χ1) is 16.9. The van der Waals surface area contributed by atoms with Crippen LogP contribution in [-0.4, -0.2) is 38.8 Å². The second kappa shape index (κ2) is 10.7. The van der Waals surface area contributed by atoms with E-state index in [2.05, 4.69) is 4.98 Å². The molecule has 0 saturated carbocycles. The first kappa shape index (κ1) is 27.1. The van der Waals surface area contributed by atoms with Gasteiger partial charge >= 0.3 is 11.9 Å². The third-order valence-electron chi connectivity index (χ3n) is 5.59. The summed E-state index contributed by atoms with van der Waals surface area (Å²) in [6.07, 6.45) is 0.555. The number of esters is 2. The Balaban J connectivity index is 2.17. The van der Waals surface area contributed by atoms with Crippen LogP contribution in [0.5, 0.6) is 0 Å². The third kappa shape index (κ3) is 6.02. The molecule has 7 nitrogen and oxygen atoms in total. The van der Waals surface area contributed by atoms with Gasteiger partial charge in [0.1, 0.15) is 22.7 Å². The number of carbonyl (C=O) groups is 2. The fraction of sp³-hybridized carbons (Fsp3) is 0.414. The van der Waals surface area contributed by atoms with Crippen molar-refractivity contribution in [1.29, 1.82) is 0 Å². The molecule has 0 fully saturated rings. The number of benzene rings is 2. The Bertz CT molecular complexity index is 1250. The van der Waals surface area contributed by atoms with E-state index in [0.29, 0.717) is 24.4 Å². The summed E-state index contributed by atoms with van der Waals surface area (Å²) in [5, 5.41) is 10.8. The van der Waals surface area contributed by atoms with Crippen LogP contribution in [0.2, 0.25) is 0 Å². The highest BCUT2D eigenvalue weighted by molar-refractivity contribution is 5.98. The van der Waals surface area contributed by atoms with Crippen molar-refractivity contribution in [2.45, 2.75) is 72.6 Å². The van der Waals surface area contributed by atoms with Gasteiger partial charge in [0.05, 0.1) is 18.7 Å². The Morgan fingerprint density at radius 2 is 1.53 bits per heavy atom. The molecule has 0 aliphatic rings. The van der Waals surface area contributed by atoms with Gasteiger partial charge in [0.15, 0.2) is 5.69 Å². The summed E-state index contributed by atoms with van der Waals surface area (Å²) in [7, 11) is 0. The van der Waals surface area contributed by atoms with E-state index in [1.54, 1.807) is 31.4 Å². The van der Waals surface area contributed by atoms with Crippen molar-refractivity contribution in [2.24, 2.45) is 0 Å². The molecule has 0 aliphatic heterocycles. The highest BCUT2D eigenvalue weighted by atomic mass is 16.6. The lowest BCUT2D eigenvalue weighted by Crippen LogP contribution is -2.24. The standard InChI is InChI=1S/C29H36N2O5/c1-8-23-30-25(29(6,7)34)24(27(33)35-9-2)31(23)18-19-14-10-11-15-20(19)21-16-12-13-17-22(21)26(32)36-28(3,4)5/h10-17,34H,8-9,18H2,1-7H3. The molecule has 7 heteroatoms. The van der Waals surface area contributed by atoms with E-state index in [1.807, 2.05) is 70.2 Å². The minimum absolute atomic E-state index is 0.205. The second-order valence-electron chi connectivity index (χ2n) is 10.1. The topological polar surface area (TPSA) is 90.6 Å². The molecular weight excluding hydrogens is 456 g/mol. The van der Waals surface area contributed by atoms with Gasteiger partial charge in [-0.05, 0) is 64.3 Å². The summed E-state index contributed by atoms with van der Waals surface area (Å²) in [6.45, 7) is 12.9. The van der Waals surface area contributed by atoms with Gasteiger partial charge in [0.2, 0.25) is 0 Å². The SMILES string of the molecule is CCOC(=O)c1c(C(C)(C)O)nc(CC)n1Cc1ccccc1-c1ccccc1C(=O)OC(C)(C)C. The Morgan fingerprint density at radius 1 is 0.917 bits per heavy atom. The van der Waals surface area contributed by atoms with E-state index >= 15 is 0 Å². The molecule has 1 aromatic heterocycles. The fourth-order valence-corrected chi connectivity index (χ4v) is 4.09. The molecule has 0 atom stereocenters. The highest BCUT2D eigenvalue weighted by Crippen LogP contribution is 2.31. The molecule has 1 N–H and O–H groups in total. The summed E-state index contributed by atoms with van der Waals surface area (Å²) in [6, 6.07) is 15.1. The van der Waals surface area contributed by atoms with Crippen LogP contribution < -0.4 is 0 Å². The Morgan fingerprint density at radius 3 is 2.11 bits per heavy atom. The molecule has 3 rings (SSSR count). The van der Waals surface area contributed by atoms with E-state index in [0.717, 1.165) is 16.7 Å². The Hall–Kier alpha value is -3.45. The Labute approximate surface area is 213 Å². The number of hydrogen-bond donors (Lipinski definition) is 1. The van der Waals surface area contributed by atoms with E-state index in [-0.39, 0.29) is 18.0 Å². The summed E-state index contributed by atoms with van der Waals surface area (Å²) < 4.78 is 12.8. The van der Waals surface area contributed by atoms with E-state index in [9.17, 15) is 14.7 Å². The first-order valence-electron chi connectivity index (χ1n) is 12.3. The van der Waals surface area contributed by atoms with Crippen LogP contribution in [0.3, 0.4) is 0 Å². The number of hydrogen-bond acceptors (Lipinski definition) is 6. The molecule has 0 bridgehead atoms. The minimum Gasteiger partial charge on any atom is -0.461 e. The molecule has 3 aromatic rings. The zero-order valence-electron chi connectivity index (χ0n) is 22.2. The van der Waals surface area contributed by atoms with Gasteiger partial charge in [-0.15, -0.1) is 0 Å². The number of nitrogens with zero attached hydrogens (tertiary/aromatic N) is 2. The maximum absolute atomic E-state index is 13.0. The quantitative estimate of drug-likeness (QED) is 0.417. The molecule has 0 amide bonds. The number of aliphatic hydroxyl groups is 1. The van der Waals surface area contributed by atoms with Crippen molar-refractivity contribution in [3.63, 3.8) is 0 Å². The molecular formula is C29H36N2O5. The molecule has 0 aliphatic carbocycles. The summed E-state index contributed by atoms with van der Waals surface area (Å²) in [5.74, 6) is -0.278. The normalized spacial score (nSPS) is 11.9. The molecule has 36 heavy (non-hydrogen) atoms. The predicted molar refractivity (Wildman–Crippen MR) is 139 cm³/mol. The molecule has 0 radical (unpaired) electrons. The van der Waals surface area contributed by atoms with Crippen LogP contribution in [0.1, 0.15) is 86.4 Å². The van der Waals surface area contributed by atoms with E-state index in [4.69, 9.17) is 9.47 Å². The van der Waals surface area contributed by atoms with Crippen LogP contribution in [-0.2, 0) is 28.0 Å². The van der Waals surface area contributed by atoms with Crippen molar-refractivity contribution in [3.8, 4) is 11.1 Å². The van der Waals surface area contributed by atoms with Crippen molar-refractivity contribution in [3.05, 3.63) is 76.9 Å². The summed E-state index contributed by atoms with van der Waals surface area (Å²) >= 11 is 0. The number of imidazole rings is 1. The van der Waals surface area contributed by atoms with Crippen molar-refractivity contribution < 1.29 is 24.2 Å². The minimum atomic E-state index is -1.33. The van der Waals surface area contributed by atoms with Crippen molar-refractivity contribution in [1.82, 2.24) is 9.55 Å². The smallest absolute Gasteiger partial charge is 0.357 e. The van der Waals surface area contributed by atoms with E-state index < -0.39 is 23.1 Å². The lowest BCUT2D eigenvalue weighted by Gasteiger charge is -2.21. The van der Waals surface area contributed by atoms with Crippen LogP contribution in [0, 0.1) is 0 Å². The van der Waals surface area contributed by atoms with Crippen LogP contribution >= 0.6 is 0 Å². The van der Waals surface area contributed by atoms with Crippen LogP contribution in [0.25, 0.3) is 11.1 Å². The van der Waals surface area contributed by atoms with Crippen molar-refractivity contribution in [2.75, 3.05) is 6.61 Å². The average molecular weight is 493 g/mol. The monoisotopic (exact) mass is 492 g/mol. The molecule has 0 spiro atoms. The summed E-state index contributed by atoms with van der Waals surface area (Å²) in [4.78, 5) is 30.7. The molecule has 192 valence electrons. The average Bonchev–Trinajstić information content (AvgIpc) is 3.17. The molecule has 0 unspecified atom stereocenters. The fourth-order valence-electron chi connectivity index (χ4n) is 4.09.